The summed E-state index contributed by atoms with van der Waals surface area (Å²) in [6.45, 7) is 8.03. The van der Waals surface area contributed by atoms with Crippen molar-refractivity contribution < 1.29 is 8.42 Å². The first-order valence-electron chi connectivity index (χ1n) is 9.18. The van der Waals surface area contributed by atoms with Gasteiger partial charge in [0.1, 0.15) is 0 Å². The molecule has 0 radical (unpaired) electrons. The standard InChI is InChI=1S/C19H32N4O2S/c1-6-20-18(23-13-14-26(24,25)19(2,3)15-23)21-12-11-16-7-9-17(10-8-16)22(4)5/h7-10H,6,11-15H2,1-5H3,(H,20,21). The van der Waals surface area contributed by atoms with E-state index in [1.807, 2.05) is 21.0 Å². The SMILES string of the molecule is CCNC(=NCCc1ccc(N(C)C)cc1)N1CCS(=O)(=O)C(C)(C)C1. The lowest BCUT2D eigenvalue weighted by Gasteiger charge is -2.39. The molecule has 1 aliphatic heterocycles. The van der Waals surface area contributed by atoms with Crippen LogP contribution in [0.4, 0.5) is 5.69 Å². The first kappa shape index (κ1) is 20.6. The van der Waals surface area contributed by atoms with Gasteiger partial charge in [0, 0.05) is 46.0 Å². The molecule has 1 N–H and O–H groups in total. The van der Waals surface area contributed by atoms with Gasteiger partial charge < -0.3 is 15.1 Å². The van der Waals surface area contributed by atoms with Crippen molar-refractivity contribution in [2.45, 2.75) is 31.9 Å². The lowest BCUT2D eigenvalue weighted by atomic mass is 10.1. The number of hydrogen-bond donors (Lipinski definition) is 1. The van der Waals surface area contributed by atoms with Crippen LogP contribution in [0.3, 0.4) is 0 Å². The summed E-state index contributed by atoms with van der Waals surface area (Å²) < 4.78 is 23.7. The fourth-order valence-corrected chi connectivity index (χ4v) is 4.37. The molecule has 7 heteroatoms. The summed E-state index contributed by atoms with van der Waals surface area (Å²) in [7, 11) is 1.01. The number of hydrogen-bond acceptors (Lipinski definition) is 4. The van der Waals surface area contributed by atoms with Crippen LogP contribution in [0.2, 0.25) is 0 Å². The molecule has 0 amide bonds. The van der Waals surface area contributed by atoms with Gasteiger partial charge in [-0.25, -0.2) is 8.42 Å². The Labute approximate surface area is 158 Å². The van der Waals surface area contributed by atoms with Gasteiger partial charge in [0.05, 0.1) is 10.5 Å². The fourth-order valence-electron chi connectivity index (χ4n) is 3.00. The first-order valence-corrected chi connectivity index (χ1v) is 10.8. The highest BCUT2D eigenvalue weighted by Gasteiger charge is 2.40. The van der Waals surface area contributed by atoms with E-state index in [0.717, 1.165) is 18.9 Å². The third kappa shape index (κ3) is 4.90. The van der Waals surface area contributed by atoms with Gasteiger partial charge in [0.25, 0.3) is 0 Å². The minimum Gasteiger partial charge on any atom is -0.378 e. The maximum atomic E-state index is 12.2. The zero-order valence-electron chi connectivity index (χ0n) is 16.6. The Balaban J connectivity index is 2.02. The quantitative estimate of drug-likeness (QED) is 0.623. The van der Waals surface area contributed by atoms with Crippen LogP contribution in [0.25, 0.3) is 0 Å². The van der Waals surface area contributed by atoms with Crippen LogP contribution in [0, 0.1) is 0 Å². The highest BCUT2D eigenvalue weighted by atomic mass is 32.2. The molecule has 1 aromatic rings. The van der Waals surface area contributed by atoms with Crippen LogP contribution in [0.15, 0.2) is 29.3 Å². The third-order valence-corrected chi connectivity index (χ3v) is 7.33. The Morgan fingerprint density at radius 3 is 2.46 bits per heavy atom. The van der Waals surface area contributed by atoms with Crippen molar-refractivity contribution in [2.24, 2.45) is 4.99 Å². The molecule has 1 fully saturated rings. The van der Waals surface area contributed by atoms with Gasteiger partial charge in [-0.05, 0) is 44.9 Å². The Morgan fingerprint density at radius 1 is 1.27 bits per heavy atom. The molecule has 1 aliphatic rings. The van der Waals surface area contributed by atoms with E-state index in [9.17, 15) is 8.42 Å². The Kier molecular flexibility index (Phi) is 6.55. The predicted octanol–water partition coefficient (Wildman–Crippen LogP) is 1.77. The largest absolute Gasteiger partial charge is 0.378 e. The van der Waals surface area contributed by atoms with Crippen LogP contribution in [0.5, 0.6) is 0 Å². The Bertz CT molecular complexity index is 724. The van der Waals surface area contributed by atoms with Gasteiger partial charge in [-0.3, -0.25) is 4.99 Å². The van der Waals surface area contributed by atoms with Gasteiger partial charge in [-0.1, -0.05) is 12.1 Å². The van der Waals surface area contributed by atoms with Crippen molar-refractivity contribution >= 4 is 21.5 Å². The Hall–Kier alpha value is -1.76. The second-order valence-corrected chi connectivity index (χ2v) is 10.3. The van der Waals surface area contributed by atoms with E-state index < -0.39 is 14.6 Å². The third-order valence-electron chi connectivity index (χ3n) is 4.79. The van der Waals surface area contributed by atoms with Crippen LogP contribution in [-0.4, -0.2) is 70.1 Å². The first-order chi connectivity index (χ1) is 12.2. The highest BCUT2D eigenvalue weighted by molar-refractivity contribution is 7.92. The van der Waals surface area contributed by atoms with E-state index in [2.05, 4.69) is 39.4 Å². The van der Waals surface area contributed by atoms with E-state index in [4.69, 9.17) is 4.99 Å². The summed E-state index contributed by atoms with van der Waals surface area (Å²) in [5.74, 6) is 0.983. The number of anilines is 1. The molecule has 146 valence electrons. The number of aliphatic imine (C=N–C) groups is 1. The van der Waals surface area contributed by atoms with E-state index in [1.54, 1.807) is 13.8 Å². The predicted molar refractivity (Wildman–Crippen MR) is 110 cm³/mol. The van der Waals surface area contributed by atoms with E-state index >= 15 is 0 Å². The van der Waals surface area contributed by atoms with E-state index in [-0.39, 0.29) is 5.75 Å². The van der Waals surface area contributed by atoms with Gasteiger partial charge in [0.2, 0.25) is 0 Å². The summed E-state index contributed by atoms with van der Waals surface area (Å²) in [6.07, 6.45) is 0.859. The summed E-state index contributed by atoms with van der Waals surface area (Å²) >= 11 is 0. The number of nitrogens with one attached hydrogen (secondary N) is 1. The molecule has 0 spiro atoms. The molecule has 1 aromatic carbocycles. The molecule has 1 saturated heterocycles. The minimum absolute atomic E-state index is 0.177. The van der Waals surface area contributed by atoms with Crippen molar-refractivity contribution in [1.82, 2.24) is 10.2 Å². The highest BCUT2D eigenvalue weighted by Crippen LogP contribution is 2.23. The summed E-state index contributed by atoms with van der Waals surface area (Å²) in [6, 6.07) is 8.49. The van der Waals surface area contributed by atoms with Crippen LogP contribution < -0.4 is 10.2 Å². The second-order valence-electron chi connectivity index (χ2n) is 7.55. The average Bonchev–Trinajstić information content (AvgIpc) is 2.57. The van der Waals surface area contributed by atoms with E-state index in [0.29, 0.717) is 19.6 Å². The maximum absolute atomic E-state index is 12.2. The van der Waals surface area contributed by atoms with Gasteiger partial charge >= 0.3 is 0 Å². The summed E-state index contributed by atoms with van der Waals surface area (Å²) in [5.41, 5.74) is 2.43. The lowest BCUT2D eigenvalue weighted by Crippen LogP contribution is -2.57. The molecule has 0 aromatic heterocycles. The monoisotopic (exact) mass is 380 g/mol. The molecule has 0 saturated carbocycles. The Morgan fingerprint density at radius 2 is 1.92 bits per heavy atom. The normalized spacial score (nSPS) is 19.3. The number of sulfone groups is 1. The average molecular weight is 381 g/mol. The molecular formula is C19H32N4O2S. The van der Waals surface area contributed by atoms with Crippen molar-refractivity contribution in [2.75, 3.05) is 50.9 Å². The fraction of sp³-hybridized carbons (Fsp3) is 0.632. The molecule has 6 nitrogen and oxygen atoms in total. The van der Waals surface area contributed by atoms with Gasteiger partial charge in [-0.15, -0.1) is 0 Å². The van der Waals surface area contributed by atoms with Gasteiger partial charge in [0.15, 0.2) is 15.8 Å². The summed E-state index contributed by atoms with van der Waals surface area (Å²) in [5, 5.41) is 3.30. The van der Waals surface area contributed by atoms with Gasteiger partial charge in [-0.2, -0.15) is 0 Å². The molecule has 0 unspecified atom stereocenters. The number of nitrogens with zero attached hydrogens (tertiary/aromatic N) is 3. The molecule has 0 bridgehead atoms. The molecule has 0 aliphatic carbocycles. The smallest absolute Gasteiger partial charge is 0.194 e. The van der Waals surface area contributed by atoms with E-state index in [1.165, 1.54) is 11.3 Å². The maximum Gasteiger partial charge on any atom is 0.194 e. The number of rotatable bonds is 5. The molecule has 26 heavy (non-hydrogen) atoms. The number of guanidine groups is 1. The molecule has 0 atom stereocenters. The zero-order chi connectivity index (χ0) is 19.4. The van der Waals surface area contributed by atoms with Crippen molar-refractivity contribution in [3.05, 3.63) is 29.8 Å². The molecule has 2 rings (SSSR count). The van der Waals surface area contributed by atoms with Crippen molar-refractivity contribution in [1.29, 1.82) is 0 Å². The van der Waals surface area contributed by atoms with Crippen LogP contribution >= 0.6 is 0 Å². The van der Waals surface area contributed by atoms with Crippen LogP contribution in [-0.2, 0) is 16.3 Å². The second kappa shape index (κ2) is 8.29. The molecular weight excluding hydrogens is 348 g/mol. The minimum atomic E-state index is -3.05. The summed E-state index contributed by atoms with van der Waals surface area (Å²) in [4.78, 5) is 8.88. The number of benzene rings is 1. The van der Waals surface area contributed by atoms with Crippen LogP contribution in [0.1, 0.15) is 26.3 Å². The topological polar surface area (TPSA) is 65.0 Å². The van der Waals surface area contributed by atoms with Crippen molar-refractivity contribution in [3.8, 4) is 0 Å². The zero-order valence-corrected chi connectivity index (χ0v) is 17.4. The molecule has 1 heterocycles. The van der Waals surface area contributed by atoms with Crippen molar-refractivity contribution in [3.63, 3.8) is 0 Å². The lowest BCUT2D eigenvalue weighted by molar-refractivity contribution is 0.353.